The molecule has 42 heavy (non-hydrogen) atoms. The van der Waals surface area contributed by atoms with Gasteiger partial charge < -0.3 is 39.2 Å². The van der Waals surface area contributed by atoms with Gasteiger partial charge in [0.25, 0.3) is 0 Å². The Kier molecular flexibility index (Phi) is 16.0. The van der Waals surface area contributed by atoms with Crippen LogP contribution in [0.15, 0.2) is 17.1 Å². The number of fused-ring (bicyclic) bond motifs is 1. The zero-order valence-corrected chi connectivity index (χ0v) is 27.6. The van der Waals surface area contributed by atoms with Crippen LogP contribution in [-0.4, -0.2) is 115 Å². The SMILES string of the molecule is CCN(CC)CC.CCN(CC)CC.CONc1ccn([C@]23C[C@H]2[C@H](COP(=O)(O)CP(=O)(O)O)[C@@H](O)[C@H]3O)c(=O)n1. The number of nitrogens with zero attached hydrogens (tertiary/aromatic N) is 4. The van der Waals surface area contributed by atoms with Crippen molar-refractivity contribution in [1.29, 1.82) is 0 Å². The molecule has 0 spiro atoms. The van der Waals surface area contributed by atoms with E-state index in [4.69, 9.17) is 14.3 Å². The average molecular weight is 644 g/mol. The summed E-state index contributed by atoms with van der Waals surface area (Å²) in [7, 11) is -8.03. The molecule has 1 aromatic rings. The first-order valence-electron chi connectivity index (χ1n) is 14.3. The standard InChI is InChI=1S/C13H21N3O10P2.2C6H15N/c1-25-15-9-2-3-16(12(19)14-9)13-4-8(13)7(10(17)11(13)18)5-26-28(23,24)6-27(20,21)22;2*1-4-7(5-2)6-3/h2-3,7-8,10-11,17-18H,4-6H2,1H3,(H,23,24)(H,14,15,19)(H2,20,21,22);2*4-6H2,1-3H3/t7-,8-,10+,11+,13+;;/m0../s1. The first kappa shape index (κ1) is 38.8. The molecule has 2 saturated carbocycles. The molecule has 0 bridgehead atoms. The van der Waals surface area contributed by atoms with Gasteiger partial charge in [0.2, 0.25) is 0 Å². The Hall–Kier alpha value is -1.22. The van der Waals surface area contributed by atoms with Gasteiger partial charge in [-0.15, -0.1) is 0 Å². The highest BCUT2D eigenvalue weighted by molar-refractivity contribution is 7.70. The van der Waals surface area contributed by atoms with E-state index in [1.165, 1.54) is 63.2 Å². The quantitative estimate of drug-likeness (QED) is 0.125. The highest BCUT2D eigenvalue weighted by atomic mass is 31.2. The minimum atomic E-state index is -4.78. The first-order valence-corrected chi connectivity index (χ1v) is 17.9. The molecule has 2 fully saturated rings. The van der Waals surface area contributed by atoms with Gasteiger partial charge in [-0.3, -0.25) is 18.5 Å². The highest BCUT2D eigenvalue weighted by Crippen LogP contribution is 2.64. The van der Waals surface area contributed by atoms with Gasteiger partial charge in [0.15, 0.2) is 11.7 Å². The third-order valence-corrected chi connectivity index (χ3v) is 11.2. The Morgan fingerprint density at radius 1 is 1.00 bits per heavy atom. The minimum absolute atomic E-state index is 0.156. The summed E-state index contributed by atoms with van der Waals surface area (Å²) in [6.45, 7) is 19.7. The monoisotopic (exact) mass is 643 g/mol. The van der Waals surface area contributed by atoms with Crippen molar-refractivity contribution >= 4 is 21.0 Å². The molecule has 6 atom stereocenters. The first-order chi connectivity index (χ1) is 19.6. The number of anilines is 1. The summed E-state index contributed by atoms with van der Waals surface area (Å²) in [5.41, 5.74) is 0.576. The molecular weight excluding hydrogens is 592 g/mol. The van der Waals surface area contributed by atoms with Gasteiger partial charge in [-0.2, -0.15) is 4.98 Å². The van der Waals surface area contributed by atoms with Gasteiger partial charge in [-0.1, -0.05) is 41.5 Å². The van der Waals surface area contributed by atoms with E-state index in [2.05, 4.69) is 66.6 Å². The number of aromatic nitrogens is 2. The third kappa shape index (κ3) is 10.7. The van der Waals surface area contributed by atoms with Crippen molar-refractivity contribution in [1.82, 2.24) is 19.4 Å². The Morgan fingerprint density at radius 3 is 1.88 bits per heavy atom. The zero-order valence-electron chi connectivity index (χ0n) is 25.8. The fourth-order valence-electron chi connectivity index (χ4n) is 5.26. The third-order valence-electron chi connectivity index (χ3n) is 7.79. The van der Waals surface area contributed by atoms with E-state index in [-0.39, 0.29) is 5.82 Å². The largest absolute Gasteiger partial charge is 0.390 e. The molecule has 1 unspecified atom stereocenters. The van der Waals surface area contributed by atoms with Crippen molar-refractivity contribution in [3.8, 4) is 0 Å². The molecule has 0 radical (unpaired) electrons. The fourth-order valence-corrected chi connectivity index (χ4v) is 7.85. The molecule has 17 heteroatoms. The summed E-state index contributed by atoms with van der Waals surface area (Å²) in [6.07, 6.45) is -1.03. The summed E-state index contributed by atoms with van der Waals surface area (Å²) in [6, 6.07) is 1.44. The topological polar surface area (TPSA) is 207 Å². The summed E-state index contributed by atoms with van der Waals surface area (Å²) in [5.74, 6) is -2.45. The van der Waals surface area contributed by atoms with E-state index in [0.717, 1.165) is 0 Å². The molecule has 2 aliphatic rings. The predicted octanol–water partition coefficient (Wildman–Crippen LogP) is 1.32. The van der Waals surface area contributed by atoms with Gasteiger partial charge in [0.1, 0.15) is 6.10 Å². The Balaban J connectivity index is 0.000000522. The maximum absolute atomic E-state index is 12.3. The summed E-state index contributed by atoms with van der Waals surface area (Å²) in [4.78, 5) is 52.8. The van der Waals surface area contributed by atoms with Crippen LogP contribution in [0, 0.1) is 11.8 Å². The second kappa shape index (κ2) is 17.3. The lowest BCUT2D eigenvalue weighted by Crippen LogP contribution is -2.43. The van der Waals surface area contributed by atoms with E-state index in [9.17, 15) is 29.0 Å². The van der Waals surface area contributed by atoms with Gasteiger partial charge in [-0.25, -0.2) is 10.3 Å². The lowest BCUT2D eigenvalue weighted by molar-refractivity contribution is -0.0268. The molecule has 15 nitrogen and oxygen atoms in total. The molecule has 2 aliphatic carbocycles. The van der Waals surface area contributed by atoms with Crippen LogP contribution in [0.3, 0.4) is 0 Å². The van der Waals surface area contributed by atoms with Crippen LogP contribution in [0.25, 0.3) is 0 Å². The van der Waals surface area contributed by atoms with Gasteiger partial charge >= 0.3 is 20.9 Å². The van der Waals surface area contributed by atoms with Crippen LogP contribution in [-0.2, 0) is 24.0 Å². The molecule has 0 aliphatic heterocycles. The van der Waals surface area contributed by atoms with E-state index >= 15 is 0 Å². The van der Waals surface area contributed by atoms with Crippen LogP contribution in [0.1, 0.15) is 48.0 Å². The van der Waals surface area contributed by atoms with Gasteiger partial charge in [0, 0.05) is 12.1 Å². The van der Waals surface area contributed by atoms with E-state index in [0.29, 0.717) is 6.42 Å². The van der Waals surface area contributed by atoms with E-state index < -0.39 is 63.0 Å². The summed E-state index contributed by atoms with van der Waals surface area (Å²) in [5, 5.41) is 20.8. The van der Waals surface area contributed by atoms with Crippen molar-refractivity contribution in [3.63, 3.8) is 0 Å². The van der Waals surface area contributed by atoms with E-state index in [1.54, 1.807) is 0 Å². The maximum atomic E-state index is 12.3. The maximum Gasteiger partial charge on any atom is 0.350 e. The molecule has 0 amide bonds. The smallest absolute Gasteiger partial charge is 0.350 e. The normalized spacial score (nSPS) is 26.0. The van der Waals surface area contributed by atoms with Crippen LogP contribution in [0.4, 0.5) is 5.82 Å². The predicted molar refractivity (Wildman–Crippen MR) is 160 cm³/mol. The molecule has 0 aromatic carbocycles. The molecule has 1 aromatic heterocycles. The molecule has 246 valence electrons. The van der Waals surface area contributed by atoms with Crippen molar-refractivity contribution in [3.05, 3.63) is 22.7 Å². The molecule has 0 saturated heterocycles. The zero-order chi connectivity index (χ0) is 32.3. The van der Waals surface area contributed by atoms with Crippen LogP contribution in [0.5, 0.6) is 0 Å². The minimum Gasteiger partial charge on any atom is -0.390 e. The molecular formula is C25H51N5O10P2. The average Bonchev–Trinajstić information content (AvgIpc) is 3.61. The second-order valence-corrected chi connectivity index (χ2v) is 14.1. The Labute approximate surface area is 248 Å². The van der Waals surface area contributed by atoms with E-state index in [1.807, 2.05) is 0 Å². The molecule has 3 rings (SSSR count). The number of hydrogen-bond donors (Lipinski definition) is 6. The molecule has 1 heterocycles. The lowest BCUT2D eigenvalue weighted by atomic mass is 10.0. The van der Waals surface area contributed by atoms with Crippen molar-refractivity contribution in [2.45, 2.75) is 65.7 Å². The number of aliphatic hydroxyl groups is 2. The number of nitrogens with one attached hydrogen (secondary N) is 1. The summed E-state index contributed by atoms with van der Waals surface area (Å²) < 4.78 is 28.7. The van der Waals surface area contributed by atoms with Crippen LogP contribution >= 0.6 is 15.2 Å². The Bertz CT molecular complexity index is 1070. The Morgan fingerprint density at radius 2 is 1.50 bits per heavy atom. The number of rotatable bonds is 14. The molecule has 6 N–H and O–H groups in total. The van der Waals surface area contributed by atoms with Gasteiger partial charge in [-0.05, 0) is 57.7 Å². The fraction of sp³-hybridized carbons (Fsp3) is 0.840. The lowest BCUT2D eigenvalue weighted by Gasteiger charge is -2.25. The van der Waals surface area contributed by atoms with Crippen LogP contribution in [0.2, 0.25) is 0 Å². The van der Waals surface area contributed by atoms with Crippen molar-refractivity contribution in [2.24, 2.45) is 11.8 Å². The highest BCUT2D eigenvalue weighted by Gasteiger charge is 2.72. The number of hydrogen-bond acceptors (Lipinski definition) is 11. The second-order valence-electron chi connectivity index (χ2n) is 10.2. The van der Waals surface area contributed by atoms with Crippen molar-refractivity contribution < 1.29 is 43.4 Å². The van der Waals surface area contributed by atoms with Gasteiger partial charge in [0.05, 0.1) is 25.4 Å². The van der Waals surface area contributed by atoms with Crippen molar-refractivity contribution in [2.75, 3.05) is 64.4 Å². The number of aliphatic hydroxyl groups excluding tert-OH is 2. The van der Waals surface area contributed by atoms with Crippen LogP contribution < -0.4 is 11.2 Å². The summed E-state index contributed by atoms with van der Waals surface area (Å²) >= 11 is 0.